The quantitative estimate of drug-likeness (QED) is 0.637. The van der Waals surface area contributed by atoms with Crippen molar-refractivity contribution in [3.05, 3.63) is 47.5 Å². The second-order valence-electron chi connectivity index (χ2n) is 5.20. The van der Waals surface area contributed by atoms with Gasteiger partial charge in [-0.25, -0.2) is 4.98 Å². The van der Waals surface area contributed by atoms with Gasteiger partial charge in [-0.15, -0.1) is 0 Å². The Morgan fingerprint density at radius 2 is 1.96 bits per heavy atom. The molecule has 0 saturated carbocycles. The number of nitrogens with one attached hydrogen (secondary N) is 3. The van der Waals surface area contributed by atoms with E-state index in [4.69, 9.17) is 11.6 Å². The van der Waals surface area contributed by atoms with Crippen molar-refractivity contribution in [2.45, 2.75) is 6.42 Å². The highest BCUT2D eigenvalue weighted by Gasteiger charge is 2.11. The first kappa shape index (κ1) is 16.0. The number of nitrogens with zero attached hydrogens (tertiary/aromatic N) is 1. The van der Waals surface area contributed by atoms with E-state index < -0.39 is 0 Å². The zero-order chi connectivity index (χ0) is 17.1. The van der Waals surface area contributed by atoms with E-state index >= 15 is 0 Å². The van der Waals surface area contributed by atoms with Crippen molar-refractivity contribution in [3.63, 3.8) is 0 Å². The Labute approximate surface area is 143 Å². The smallest absolute Gasteiger partial charge is 0.233 e. The summed E-state index contributed by atoms with van der Waals surface area (Å²) < 4.78 is 0. The first-order chi connectivity index (χ1) is 11.6. The second kappa shape index (κ2) is 6.72. The van der Waals surface area contributed by atoms with Gasteiger partial charge in [0.1, 0.15) is 12.2 Å². The van der Waals surface area contributed by atoms with Crippen LogP contribution in [0.2, 0.25) is 5.02 Å². The molecule has 24 heavy (non-hydrogen) atoms. The normalized spacial score (nSPS) is 10.6. The first-order valence-corrected chi connectivity index (χ1v) is 7.69. The van der Waals surface area contributed by atoms with Crippen LogP contribution in [0.1, 0.15) is 6.42 Å². The molecule has 1 aromatic heterocycles. The molecular formula is C17H15ClN4O2. The molecule has 122 valence electrons. The van der Waals surface area contributed by atoms with Crippen LogP contribution in [-0.4, -0.2) is 28.8 Å². The van der Waals surface area contributed by atoms with Gasteiger partial charge in [0.2, 0.25) is 11.8 Å². The maximum atomic E-state index is 11.8. The van der Waals surface area contributed by atoms with Crippen molar-refractivity contribution in [2.24, 2.45) is 0 Å². The number of halogens is 1. The molecular weight excluding hydrogens is 328 g/mol. The number of imidazole rings is 1. The van der Waals surface area contributed by atoms with E-state index in [0.29, 0.717) is 16.5 Å². The van der Waals surface area contributed by atoms with Crippen LogP contribution in [0.3, 0.4) is 0 Å². The zero-order valence-electron chi connectivity index (χ0n) is 12.9. The van der Waals surface area contributed by atoms with Crippen molar-refractivity contribution >= 4 is 40.1 Å². The molecule has 3 rings (SSSR count). The van der Waals surface area contributed by atoms with Crippen LogP contribution < -0.4 is 10.6 Å². The summed E-state index contributed by atoms with van der Waals surface area (Å²) >= 11 is 6.19. The fourth-order valence-corrected chi connectivity index (χ4v) is 2.53. The standard InChI is InChI=1S/C17H15ClN4O2/c1-19-15(23)9-16(24)20-10-6-7-13-14(8-10)22-17(21-13)11-4-2-3-5-12(11)18/h2-8H,9H2,1H3,(H,19,23)(H,20,24)(H,21,22). The summed E-state index contributed by atoms with van der Waals surface area (Å²) in [4.78, 5) is 30.7. The predicted molar refractivity (Wildman–Crippen MR) is 93.9 cm³/mol. The number of aromatic nitrogens is 2. The lowest BCUT2D eigenvalue weighted by Crippen LogP contribution is -2.24. The van der Waals surface area contributed by atoms with Gasteiger partial charge in [-0.1, -0.05) is 23.7 Å². The highest BCUT2D eigenvalue weighted by Crippen LogP contribution is 2.28. The monoisotopic (exact) mass is 342 g/mol. The van der Waals surface area contributed by atoms with Crippen LogP contribution >= 0.6 is 11.6 Å². The highest BCUT2D eigenvalue weighted by molar-refractivity contribution is 6.33. The average molecular weight is 343 g/mol. The maximum Gasteiger partial charge on any atom is 0.233 e. The number of amides is 2. The largest absolute Gasteiger partial charge is 0.359 e. The summed E-state index contributed by atoms with van der Waals surface area (Å²) in [5, 5.41) is 5.70. The number of H-pyrrole nitrogens is 1. The number of anilines is 1. The van der Waals surface area contributed by atoms with Gasteiger partial charge in [-0.3, -0.25) is 9.59 Å². The lowest BCUT2D eigenvalue weighted by Gasteiger charge is -2.04. The molecule has 6 nitrogen and oxygen atoms in total. The molecule has 2 amide bonds. The van der Waals surface area contributed by atoms with Gasteiger partial charge < -0.3 is 15.6 Å². The SMILES string of the molecule is CNC(=O)CC(=O)Nc1ccc2nc(-c3ccccc3Cl)[nH]c2c1. The summed E-state index contributed by atoms with van der Waals surface area (Å²) in [7, 11) is 1.49. The van der Waals surface area contributed by atoms with E-state index in [1.807, 2.05) is 18.2 Å². The molecule has 0 aliphatic rings. The molecule has 2 aromatic carbocycles. The molecule has 0 unspecified atom stereocenters. The predicted octanol–water partition coefficient (Wildman–Crippen LogP) is 2.96. The topological polar surface area (TPSA) is 86.9 Å². The van der Waals surface area contributed by atoms with E-state index in [1.165, 1.54) is 7.05 Å². The lowest BCUT2D eigenvalue weighted by molar-refractivity contribution is -0.126. The second-order valence-corrected chi connectivity index (χ2v) is 5.60. The van der Waals surface area contributed by atoms with E-state index in [-0.39, 0.29) is 18.2 Å². The van der Waals surface area contributed by atoms with Crippen LogP contribution in [-0.2, 0) is 9.59 Å². The molecule has 0 bridgehead atoms. The summed E-state index contributed by atoms with van der Waals surface area (Å²) in [5.74, 6) is -0.0555. The Balaban J connectivity index is 1.85. The van der Waals surface area contributed by atoms with E-state index in [2.05, 4.69) is 20.6 Å². The Morgan fingerprint density at radius 3 is 2.71 bits per heavy atom. The fourth-order valence-electron chi connectivity index (χ4n) is 2.31. The Kier molecular flexibility index (Phi) is 4.48. The molecule has 1 heterocycles. The molecule has 0 spiro atoms. The van der Waals surface area contributed by atoms with Gasteiger partial charge in [0, 0.05) is 18.3 Å². The van der Waals surface area contributed by atoms with E-state index in [0.717, 1.165) is 16.6 Å². The third-order valence-electron chi connectivity index (χ3n) is 3.49. The zero-order valence-corrected chi connectivity index (χ0v) is 13.6. The molecule has 0 saturated heterocycles. The van der Waals surface area contributed by atoms with Gasteiger partial charge in [-0.05, 0) is 30.3 Å². The van der Waals surface area contributed by atoms with Crippen LogP contribution in [0.25, 0.3) is 22.4 Å². The molecule has 0 aliphatic heterocycles. The molecule has 0 radical (unpaired) electrons. The Bertz CT molecular complexity index is 920. The van der Waals surface area contributed by atoms with Crippen molar-refractivity contribution in [1.29, 1.82) is 0 Å². The van der Waals surface area contributed by atoms with Crippen LogP contribution in [0, 0.1) is 0 Å². The van der Waals surface area contributed by atoms with Gasteiger partial charge >= 0.3 is 0 Å². The minimum Gasteiger partial charge on any atom is -0.359 e. The number of carbonyl (C=O) groups excluding carboxylic acids is 2. The first-order valence-electron chi connectivity index (χ1n) is 7.32. The van der Waals surface area contributed by atoms with Crippen molar-refractivity contribution in [2.75, 3.05) is 12.4 Å². The number of benzene rings is 2. The number of hydrogen-bond acceptors (Lipinski definition) is 3. The van der Waals surface area contributed by atoms with Crippen LogP contribution in [0.15, 0.2) is 42.5 Å². The Hall–Kier alpha value is -2.86. The van der Waals surface area contributed by atoms with Gasteiger partial charge in [-0.2, -0.15) is 0 Å². The van der Waals surface area contributed by atoms with Crippen molar-refractivity contribution < 1.29 is 9.59 Å². The minimum absolute atomic E-state index is 0.220. The summed E-state index contributed by atoms with van der Waals surface area (Å²) in [6.07, 6.45) is -0.220. The molecule has 0 aliphatic carbocycles. The number of fused-ring (bicyclic) bond motifs is 1. The minimum atomic E-state index is -0.375. The Morgan fingerprint density at radius 1 is 1.17 bits per heavy atom. The highest BCUT2D eigenvalue weighted by atomic mass is 35.5. The van der Waals surface area contributed by atoms with Crippen molar-refractivity contribution in [1.82, 2.24) is 15.3 Å². The number of hydrogen-bond donors (Lipinski definition) is 3. The van der Waals surface area contributed by atoms with Gasteiger partial charge in [0.05, 0.1) is 16.1 Å². The molecule has 0 atom stereocenters. The summed E-state index contributed by atoms with van der Waals surface area (Å²) in [6, 6.07) is 12.7. The van der Waals surface area contributed by atoms with Crippen LogP contribution in [0.4, 0.5) is 5.69 Å². The molecule has 7 heteroatoms. The molecule has 0 fully saturated rings. The van der Waals surface area contributed by atoms with Gasteiger partial charge in [0.15, 0.2) is 0 Å². The maximum absolute atomic E-state index is 11.8. The number of aromatic amines is 1. The summed E-state index contributed by atoms with van der Waals surface area (Å²) in [5.41, 5.74) is 2.92. The molecule has 3 N–H and O–H groups in total. The fraction of sp³-hybridized carbons (Fsp3) is 0.118. The van der Waals surface area contributed by atoms with E-state index in [9.17, 15) is 9.59 Å². The average Bonchev–Trinajstić information content (AvgIpc) is 2.98. The number of rotatable bonds is 4. The third kappa shape index (κ3) is 3.38. The van der Waals surface area contributed by atoms with Gasteiger partial charge in [0.25, 0.3) is 0 Å². The summed E-state index contributed by atoms with van der Waals surface area (Å²) in [6.45, 7) is 0. The van der Waals surface area contributed by atoms with Crippen LogP contribution in [0.5, 0.6) is 0 Å². The third-order valence-corrected chi connectivity index (χ3v) is 3.82. The lowest BCUT2D eigenvalue weighted by atomic mass is 10.2. The molecule has 3 aromatic rings. The van der Waals surface area contributed by atoms with E-state index in [1.54, 1.807) is 24.3 Å². The number of carbonyl (C=O) groups is 2. The van der Waals surface area contributed by atoms with Crippen molar-refractivity contribution in [3.8, 4) is 11.4 Å².